The summed E-state index contributed by atoms with van der Waals surface area (Å²) in [7, 11) is 1.68. The van der Waals surface area contributed by atoms with Gasteiger partial charge in [0.05, 0.1) is 18.5 Å². The molecule has 0 spiro atoms. The van der Waals surface area contributed by atoms with Crippen LogP contribution in [0.1, 0.15) is 16.7 Å². The van der Waals surface area contributed by atoms with Gasteiger partial charge in [-0.1, -0.05) is 109 Å². The predicted molar refractivity (Wildman–Crippen MR) is 175 cm³/mol. The molecule has 44 heavy (non-hydrogen) atoms. The van der Waals surface area contributed by atoms with Gasteiger partial charge in [0.15, 0.2) is 0 Å². The molecule has 0 atom stereocenters. The van der Waals surface area contributed by atoms with E-state index in [0.717, 1.165) is 56.2 Å². The largest absolute Gasteiger partial charge is 0.496 e. The number of hydrogen-bond acceptors (Lipinski definition) is 4. The standard InChI is InChI=1S/C39H30N4O/c1-44-37-23-12-11-21-33(37)36-27-29(24-26-41-36)34-28-43(42-38(34)35-22-13-14-25-40-35)39(30-15-5-2-6-16-30,31-17-7-3-8-18-31)32-19-9-4-10-20-32/h2-28H,1H3. The topological polar surface area (TPSA) is 52.8 Å². The Hall–Kier alpha value is -5.81. The Labute approximate surface area is 257 Å². The number of nitrogens with zero attached hydrogens (tertiary/aromatic N) is 4. The van der Waals surface area contributed by atoms with Crippen LogP contribution in [0, 0.1) is 0 Å². The van der Waals surface area contributed by atoms with Gasteiger partial charge in [0, 0.05) is 29.7 Å². The Bertz CT molecular complexity index is 1890. The van der Waals surface area contributed by atoms with Crippen LogP contribution in [0.4, 0.5) is 0 Å². The van der Waals surface area contributed by atoms with Crippen molar-refractivity contribution in [3.8, 4) is 39.5 Å². The number of hydrogen-bond donors (Lipinski definition) is 0. The lowest BCUT2D eigenvalue weighted by molar-refractivity contribution is 0.416. The Morgan fingerprint density at radius 1 is 0.545 bits per heavy atom. The van der Waals surface area contributed by atoms with Crippen molar-refractivity contribution in [2.24, 2.45) is 0 Å². The molecule has 7 aromatic rings. The Morgan fingerprint density at radius 3 is 1.70 bits per heavy atom. The highest BCUT2D eigenvalue weighted by atomic mass is 16.5. The second kappa shape index (κ2) is 11.8. The quantitative estimate of drug-likeness (QED) is 0.172. The lowest BCUT2D eigenvalue weighted by Gasteiger charge is -2.36. The Kier molecular flexibility index (Phi) is 7.27. The summed E-state index contributed by atoms with van der Waals surface area (Å²) in [5.74, 6) is 0.772. The van der Waals surface area contributed by atoms with E-state index in [4.69, 9.17) is 19.8 Å². The van der Waals surface area contributed by atoms with Gasteiger partial charge in [0.25, 0.3) is 0 Å². The first-order chi connectivity index (χ1) is 21.8. The molecule has 3 heterocycles. The van der Waals surface area contributed by atoms with Crippen molar-refractivity contribution in [2.75, 3.05) is 7.11 Å². The highest BCUT2D eigenvalue weighted by Gasteiger charge is 2.40. The van der Waals surface area contributed by atoms with Crippen LogP contribution in [-0.4, -0.2) is 26.9 Å². The minimum Gasteiger partial charge on any atom is -0.496 e. The summed E-state index contributed by atoms with van der Waals surface area (Å²) >= 11 is 0. The van der Waals surface area contributed by atoms with Crippen LogP contribution in [0.3, 0.4) is 0 Å². The number of benzene rings is 4. The summed E-state index contributed by atoms with van der Waals surface area (Å²) in [5, 5.41) is 5.40. The van der Waals surface area contributed by atoms with Gasteiger partial charge in [-0.05, 0) is 58.7 Å². The number of pyridine rings is 2. The van der Waals surface area contributed by atoms with Crippen molar-refractivity contribution in [1.29, 1.82) is 0 Å². The number of methoxy groups -OCH3 is 1. The molecule has 5 heteroatoms. The van der Waals surface area contributed by atoms with E-state index >= 15 is 0 Å². The van der Waals surface area contributed by atoms with E-state index in [2.05, 4.69) is 108 Å². The van der Waals surface area contributed by atoms with Gasteiger partial charge >= 0.3 is 0 Å². The van der Waals surface area contributed by atoms with Gasteiger partial charge in [0.2, 0.25) is 0 Å². The third-order valence-corrected chi connectivity index (χ3v) is 7.99. The van der Waals surface area contributed by atoms with Gasteiger partial charge in [-0.2, -0.15) is 5.10 Å². The molecule has 0 aliphatic heterocycles. The van der Waals surface area contributed by atoms with E-state index < -0.39 is 5.54 Å². The normalized spacial score (nSPS) is 11.3. The molecule has 0 N–H and O–H groups in total. The summed E-state index contributed by atoms with van der Waals surface area (Å²) in [6.45, 7) is 0. The monoisotopic (exact) mass is 570 g/mol. The van der Waals surface area contributed by atoms with Crippen LogP contribution in [0.2, 0.25) is 0 Å². The van der Waals surface area contributed by atoms with Crippen LogP contribution >= 0.6 is 0 Å². The molecule has 0 saturated carbocycles. The second-order valence-corrected chi connectivity index (χ2v) is 10.5. The van der Waals surface area contributed by atoms with Gasteiger partial charge in [-0.25, -0.2) is 0 Å². The summed E-state index contributed by atoms with van der Waals surface area (Å²) in [6.07, 6.45) is 5.80. The second-order valence-electron chi connectivity index (χ2n) is 10.5. The zero-order valence-electron chi connectivity index (χ0n) is 24.3. The Morgan fingerprint density at radius 2 is 1.11 bits per heavy atom. The van der Waals surface area contributed by atoms with Gasteiger partial charge in [0.1, 0.15) is 17.0 Å². The molecular formula is C39H30N4O. The van der Waals surface area contributed by atoms with E-state index in [1.165, 1.54) is 0 Å². The molecule has 0 aliphatic carbocycles. The molecule has 0 amide bonds. The third-order valence-electron chi connectivity index (χ3n) is 7.99. The van der Waals surface area contributed by atoms with E-state index in [1.54, 1.807) is 7.11 Å². The maximum Gasteiger partial charge on any atom is 0.138 e. The number of para-hydroxylation sites is 1. The molecular weight excluding hydrogens is 540 g/mol. The fraction of sp³-hybridized carbons (Fsp3) is 0.0513. The molecule has 0 fully saturated rings. The first-order valence-electron chi connectivity index (χ1n) is 14.6. The maximum absolute atomic E-state index is 5.67. The van der Waals surface area contributed by atoms with E-state index in [0.29, 0.717) is 0 Å². The first-order valence-corrected chi connectivity index (χ1v) is 14.6. The average molecular weight is 571 g/mol. The lowest BCUT2D eigenvalue weighted by atomic mass is 9.77. The minimum atomic E-state index is -0.760. The van der Waals surface area contributed by atoms with Crippen molar-refractivity contribution in [2.45, 2.75) is 5.54 Å². The van der Waals surface area contributed by atoms with Crippen molar-refractivity contribution >= 4 is 0 Å². The zero-order valence-corrected chi connectivity index (χ0v) is 24.3. The molecule has 7 rings (SSSR count). The van der Waals surface area contributed by atoms with Crippen LogP contribution in [0.15, 0.2) is 164 Å². The fourth-order valence-corrected chi connectivity index (χ4v) is 5.99. The molecule has 0 radical (unpaired) electrons. The van der Waals surface area contributed by atoms with Gasteiger partial charge < -0.3 is 4.74 Å². The fourth-order valence-electron chi connectivity index (χ4n) is 5.99. The maximum atomic E-state index is 5.67. The molecule has 4 aromatic carbocycles. The number of rotatable bonds is 8. The van der Waals surface area contributed by atoms with Crippen molar-refractivity contribution in [1.82, 2.24) is 19.7 Å². The van der Waals surface area contributed by atoms with Crippen LogP contribution in [-0.2, 0) is 5.54 Å². The van der Waals surface area contributed by atoms with Crippen LogP contribution in [0.5, 0.6) is 5.75 Å². The van der Waals surface area contributed by atoms with E-state index in [1.807, 2.05) is 60.9 Å². The Balaban J connectivity index is 1.53. The van der Waals surface area contributed by atoms with Crippen molar-refractivity contribution in [3.05, 3.63) is 181 Å². The molecule has 3 aromatic heterocycles. The van der Waals surface area contributed by atoms with Crippen LogP contribution < -0.4 is 4.74 Å². The zero-order chi connectivity index (χ0) is 29.8. The van der Waals surface area contributed by atoms with E-state index in [-0.39, 0.29) is 0 Å². The first kappa shape index (κ1) is 27.0. The van der Waals surface area contributed by atoms with Gasteiger partial charge in [-0.15, -0.1) is 0 Å². The number of ether oxygens (including phenoxy) is 1. The minimum absolute atomic E-state index is 0.760. The van der Waals surface area contributed by atoms with Gasteiger partial charge in [-0.3, -0.25) is 14.6 Å². The smallest absolute Gasteiger partial charge is 0.138 e. The molecule has 0 unspecified atom stereocenters. The lowest BCUT2D eigenvalue weighted by Crippen LogP contribution is -2.38. The molecule has 5 nitrogen and oxygen atoms in total. The predicted octanol–water partition coefficient (Wildman–Crippen LogP) is 8.52. The highest BCUT2D eigenvalue weighted by Crippen LogP contribution is 2.43. The summed E-state index contributed by atoms with van der Waals surface area (Å²) in [5.41, 5.74) is 7.80. The highest BCUT2D eigenvalue weighted by molar-refractivity contribution is 5.82. The molecule has 0 saturated heterocycles. The van der Waals surface area contributed by atoms with Crippen molar-refractivity contribution in [3.63, 3.8) is 0 Å². The third kappa shape index (κ3) is 4.74. The average Bonchev–Trinajstić information content (AvgIpc) is 3.56. The molecule has 0 aliphatic rings. The SMILES string of the molecule is COc1ccccc1-c1cc(-c2cn(C(c3ccccc3)(c3ccccc3)c3ccccc3)nc2-c2ccccn2)ccn1. The summed E-state index contributed by atoms with van der Waals surface area (Å²) in [4.78, 5) is 9.47. The van der Waals surface area contributed by atoms with E-state index in [9.17, 15) is 0 Å². The summed E-state index contributed by atoms with van der Waals surface area (Å²) < 4.78 is 7.77. The summed E-state index contributed by atoms with van der Waals surface area (Å²) in [6, 6.07) is 49.7. The molecule has 212 valence electrons. The van der Waals surface area contributed by atoms with Crippen molar-refractivity contribution < 1.29 is 4.74 Å². The number of aromatic nitrogens is 4. The van der Waals surface area contributed by atoms with Crippen LogP contribution in [0.25, 0.3) is 33.8 Å². The molecule has 0 bridgehead atoms.